The molecule has 0 aliphatic carbocycles. The molecule has 2 aromatic heterocycles. The van der Waals surface area contributed by atoms with Crippen molar-refractivity contribution in [1.29, 1.82) is 0 Å². The molecule has 6 heteroatoms. The third-order valence-corrected chi connectivity index (χ3v) is 5.84. The molecule has 0 saturated heterocycles. The van der Waals surface area contributed by atoms with Crippen LogP contribution in [0.1, 0.15) is 36.8 Å². The van der Waals surface area contributed by atoms with E-state index in [2.05, 4.69) is 44.9 Å². The monoisotopic (exact) mass is 430 g/mol. The van der Waals surface area contributed by atoms with Crippen molar-refractivity contribution in [2.45, 2.75) is 38.5 Å². The van der Waals surface area contributed by atoms with Gasteiger partial charge in [0, 0.05) is 60.1 Å². The molecule has 0 atom stereocenters. The number of aromatic nitrogens is 2. The third kappa shape index (κ3) is 5.58. The van der Waals surface area contributed by atoms with E-state index in [9.17, 15) is 9.59 Å². The summed E-state index contributed by atoms with van der Waals surface area (Å²) in [6, 6.07) is 16.4. The van der Waals surface area contributed by atoms with Gasteiger partial charge >= 0.3 is 0 Å². The normalized spacial score (nSPS) is 11.1. The minimum absolute atomic E-state index is 0.0459. The predicted octanol–water partition coefficient (Wildman–Crippen LogP) is 4.23. The van der Waals surface area contributed by atoms with E-state index in [1.165, 1.54) is 21.9 Å². The highest BCUT2D eigenvalue weighted by atomic mass is 16.2. The van der Waals surface area contributed by atoms with Gasteiger partial charge in [-0.05, 0) is 48.9 Å². The molecule has 4 N–H and O–H groups in total. The molecule has 0 radical (unpaired) electrons. The first-order valence-electron chi connectivity index (χ1n) is 11.3. The van der Waals surface area contributed by atoms with Crippen LogP contribution >= 0.6 is 0 Å². The molecule has 4 rings (SSSR count). The van der Waals surface area contributed by atoms with Crippen LogP contribution in [0.15, 0.2) is 60.9 Å². The fourth-order valence-corrected chi connectivity index (χ4v) is 4.10. The van der Waals surface area contributed by atoms with Crippen LogP contribution in [-0.4, -0.2) is 34.9 Å². The Morgan fingerprint density at radius 2 is 1.09 bits per heavy atom. The summed E-state index contributed by atoms with van der Waals surface area (Å²) < 4.78 is 0. The van der Waals surface area contributed by atoms with Crippen molar-refractivity contribution in [1.82, 2.24) is 20.6 Å². The second-order valence-electron chi connectivity index (χ2n) is 8.13. The maximum atomic E-state index is 12.1. The fourth-order valence-electron chi connectivity index (χ4n) is 4.10. The Morgan fingerprint density at radius 1 is 0.656 bits per heavy atom. The smallest absolute Gasteiger partial charge is 0.220 e. The van der Waals surface area contributed by atoms with Crippen LogP contribution in [0.3, 0.4) is 0 Å². The Morgan fingerprint density at radius 3 is 1.56 bits per heavy atom. The summed E-state index contributed by atoms with van der Waals surface area (Å²) in [5.74, 6) is 0.0918. The molecular weight excluding hydrogens is 400 g/mol. The zero-order valence-corrected chi connectivity index (χ0v) is 18.2. The molecular formula is C26H30N4O2. The van der Waals surface area contributed by atoms with Crippen LogP contribution in [0.5, 0.6) is 0 Å². The number of hydrogen-bond acceptors (Lipinski definition) is 2. The fraction of sp³-hybridized carbons (Fsp3) is 0.308. The molecule has 0 saturated carbocycles. The van der Waals surface area contributed by atoms with Crippen LogP contribution in [0.4, 0.5) is 0 Å². The number of carbonyl (C=O) groups is 2. The lowest BCUT2D eigenvalue weighted by Crippen LogP contribution is -2.26. The zero-order chi connectivity index (χ0) is 22.2. The number of para-hydroxylation sites is 2. The molecule has 0 aliphatic heterocycles. The van der Waals surface area contributed by atoms with E-state index in [0.717, 1.165) is 36.7 Å². The molecule has 0 fully saturated rings. The van der Waals surface area contributed by atoms with E-state index in [0.29, 0.717) is 25.9 Å². The maximum Gasteiger partial charge on any atom is 0.220 e. The first-order chi connectivity index (χ1) is 15.7. The van der Waals surface area contributed by atoms with E-state index in [1.807, 2.05) is 36.7 Å². The third-order valence-electron chi connectivity index (χ3n) is 5.84. The first-order valence-corrected chi connectivity index (χ1v) is 11.3. The number of unbranched alkanes of at least 4 members (excludes halogenated alkanes) is 1. The van der Waals surface area contributed by atoms with E-state index in [-0.39, 0.29) is 11.8 Å². The Labute approximate surface area is 187 Å². The standard InChI is InChI=1S/C26H30N4O2/c31-25(27-15-13-19-17-29-23-9-3-1-7-21(19)23)11-5-6-12-26(32)28-16-14-20-18-30-24-10-4-2-8-22(20)24/h1-4,7-10,17-18,29-30H,5-6,11-16H2,(H,27,31)(H,28,32). The molecule has 0 bridgehead atoms. The van der Waals surface area contributed by atoms with Gasteiger partial charge in [0.05, 0.1) is 0 Å². The summed E-state index contributed by atoms with van der Waals surface area (Å²) in [6.45, 7) is 1.24. The van der Waals surface area contributed by atoms with Crippen LogP contribution < -0.4 is 10.6 Å². The lowest BCUT2D eigenvalue weighted by molar-refractivity contribution is -0.123. The van der Waals surface area contributed by atoms with Crippen molar-refractivity contribution in [3.63, 3.8) is 0 Å². The van der Waals surface area contributed by atoms with Crippen LogP contribution in [-0.2, 0) is 22.4 Å². The van der Waals surface area contributed by atoms with E-state index >= 15 is 0 Å². The second kappa shape index (κ2) is 10.7. The number of amides is 2. The highest BCUT2D eigenvalue weighted by molar-refractivity contribution is 5.84. The average molecular weight is 431 g/mol. The van der Waals surface area contributed by atoms with Crippen molar-refractivity contribution in [3.05, 3.63) is 72.1 Å². The van der Waals surface area contributed by atoms with E-state index in [1.54, 1.807) is 0 Å². The highest BCUT2D eigenvalue weighted by Gasteiger charge is 2.07. The SMILES string of the molecule is O=C(CCCCC(=O)NCCc1c[nH]c2ccccc12)NCCc1c[nH]c2ccccc12. The van der Waals surface area contributed by atoms with Crippen LogP contribution in [0.25, 0.3) is 21.8 Å². The number of rotatable bonds is 11. The zero-order valence-electron chi connectivity index (χ0n) is 18.2. The van der Waals surface area contributed by atoms with Gasteiger partial charge in [-0.1, -0.05) is 36.4 Å². The molecule has 6 nitrogen and oxygen atoms in total. The number of benzene rings is 2. The Hall–Kier alpha value is -3.54. The molecule has 2 aromatic carbocycles. The van der Waals surface area contributed by atoms with Gasteiger partial charge in [-0.25, -0.2) is 0 Å². The number of nitrogens with one attached hydrogen (secondary N) is 4. The van der Waals surface area contributed by atoms with Crippen LogP contribution in [0, 0.1) is 0 Å². The Balaban J connectivity index is 1.07. The van der Waals surface area contributed by atoms with Crippen molar-refractivity contribution >= 4 is 33.6 Å². The van der Waals surface area contributed by atoms with Gasteiger partial charge in [0.15, 0.2) is 0 Å². The molecule has 0 unspecified atom stereocenters. The number of H-pyrrole nitrogens is 2. The molecule has 166 valence electrons. The minimum atomic E-state index is 0.0459. The molecule has 2 amide bonds. The van der Waals surface area contributed by atoms with Gasteiger partial charge in [0.25, 0.3) is 0 Å². The summed E-state index contributed by atoms with van der Waals surface area (Å²) in [5.41, 5.74) is 4.66. The molecule has 4 aromatic rings. The summed E-state index contributed by atoms with van der Waals surface area (Å²) >= 11 is 0. The van der Waals surface area contributed by atoms with Gasteiger partial charge in [-0.2, -0.15) is 0 Å². The number of fused-ring (bicyclic) bond motifs is 2. The average Bonchev–Trinajstić information content (AvgIpc) is 3.41. The molecule has 32 heavy (non-hydrogen) atoms. The molecule has 0 aliphatic rings. The van der Waals surface area contributed by atoms with Crippen LogP contribution in [0.2, 0.25) is 0 Å². The lowest BCUT2D eigenvalue weighted by Gasteiger charge is -2.06. The summed E-state index contributed by atoms with van der Waals surface area (Å²) in [6.07, 6.45) is 7.96. The van der Waals surface area contributed by atoms with Gasteiger partial charge in [0.2, 0.25) is 11.8 Å². The topological polar surface area (TPSA) is 89.8 Å². The summed E-state index contributed by atoms with van der Waals surface area (Å²) in [7, 11) is 0. The highest BCUT2D eigenvalue weighted by Crippen LogP contribution is 2.18. The van der Waals surface area contributed by atoms with E-state index < -0.39 is 0 Å². The number of carbonyl (C=O) groups excluding carboxylic acids is 2. The van der Waals surface area contributed by atoms with Gasteiger partial charge in [0.1, 0.15) is 0 Å². The Bertz CT molecular complexity index is 1100. The van der Waals surface area contributed by atoms with Gasteiger partial charge in [-0.3, -0.25) is 9.59 Å². The largest absolute Gasteiger partial charge is 0.361 e. The van der Waals surface area contributed by atoms with Crippen molar-refractivity contribution < 1.29 is 9.59 Å². The molecule has 0 spiro atoms. The number of hydrogen-bond donors (Lipinski definition) is 4. The van der Waals surface area contributed by atoms with E-state index in [4.69, 9.17) is 0 Å². The predicted molar refractivity (Wildman–Crippen MR) is 128 cm³/mol. The first kappa shape index (κ1) is 21.7. The van der Waals surface area contributed by atoms with Gasteiger partial charge < -0.3 is 20.6 Å². The quantitative estimate of drug-likeness (QED) is 0.268. The Kier molecular flexibility index (Phi) is 7.23. The van der Waals surface area contributed by atoms with Gasteiger partial charge in [-0.15, -0.1) is 0 Å². The van der Waals surface area contributed by atoms with Crippen molar-refractivity contribution in [3.8, 4) is 0 Å². The minimum Gasteiger partial charge on any atom is -0.361 e. The number of aromatic amines is 2. The molecule has 2 heterocycles. The summed E-state index contributed by atoms with van der Waals surface area (Å²) in [4.78, 5) is 30.6. The lowest BCUT2D eigenvalue weighted by atomic mass is 10.1. The second-order valence-corrected chi connectivity index (χ2v) is 8.13. The maximum absolute atomic E-state index is 12.1. The summed E-state index contributed by atoms with van der Waals surface area (Å²) in [5, 5.41) is 8.38. The van der Waals surface area contributed by atoms with Crippen molar-refractivity contribution in [2.75, 3.05) is 13.1 Å². The van der Waals surface area contributed by atoms with Crippen molar-refractivity contribution in [2.24, 2.45) is 0 Å².